The van der Waals surface area contributed by atoms with Crippen LogP contribution in [0.1, 0.15) is 56.7 Å². The fourth-order valence-electron chi connectivity index (χ4n) is 2.30. The summed E-state index contributed by atoms with van der Waals surface area (Å²) in [6.45, 7) is 7.49. The Balaban J connectivity index is 2.82. The Kier molecular flexibility index (Phi) is 6.48. The first kappa shape index (κ1) is 14.7. The third-order valence-corrected chi connectivity index (χ3v) is 3.33. The Labute approximate surface area is 111 Å². The molecule has 1 rings (SSSR count). The molecule has 1 aromatic carbocycles. The van der Waals surface area contributed by atoms with Gasteiger partial charge >= 0.3 is 0 Å². The van der Waals surface area contributed by atoms with E-state index in [-0.39, 0.29) is 0 Å². The van der Waals surface area contributed by atoms with Crippen molar-refractivity contribution in [1.29, 1.82) is 0 Å². The lowest BCUT2D eigenvalue weighted by atomic mass is 9.96. The highest BCUT2D eigenvalue weighted by molar-refractivity contribution is 5.83. The topological polar surface area (TPSA) is 38.4 Å². The van der Waals surface area contributed by atoms with E-state index in [2.05, 4.69) is 31.8 Å². The lowest BCUT2D eigenvalue weighted by Gasteiger charge is -2.12. The SMILES string of the molecule is CCCCCN=Cc1ccc(N)c(CC)c1CC. The zero-order valence-electron chi connectivity index (χ0n) is 12.0. The van der Waals surface area contributed by atoms with Gasteiger partial charge in [-0.05, 0) is 42.0 Å². The zero-order valence-corrected chi connectivity index (χ0v) is 12.0. The molecule has 2 nitrogen and oxygen atoms in total. The number of nitrogens with zero attached hydrogens (tertiary/aromatic N) is 1. The second-order valence-corrected chi connectivity index (χ2v) is 4.65. The van der Waals surface area contributed by atoms with Gasteiger partial charge in [0.2, 0.25) is 0 Å². The normalized spacial score (nSPS) is 11.3. The van der Waals surface area contributed by atoms with Gasteiger partial charge in [0.25, 0.3) is 0 Å². The number of aliphatic imine (C=N–C) groups is 1. The first-order valence-corrected chi connectivity index (χ1v) is 7.14. The number of benzene rings is 1. The van der Waals surface area contributed by atoms with Gasteiger partial charge in [0.1, 0.15) is 0 Å². The monoisotopic (exact) mass is 246 g/mol. The fraction of sp³-hybridized carbons (Fsp3) is 0.562. The van der Waals surface area contributed by atoms with Crippen molar-refractivity contribution in [2.75, 3.05) is 12.3 Å². The summed E-state index contributed by atoms with van der Waals surface area (Å²) in [4.78, 5) is 4.53. The molecule has 2 N–H and O–H groups in total. The summed E-state index contributed by atoms with van der Waals surface area (Å²) in [6.07, 6.45) is 7.73. The van der Waals surface area contributed by atoms with Crippen molar-refractivity contribution in [1.82, 2.24) is 0 Å². The molecule has 1 aromatic rings. The molecular weight excluding hydrogens is 220 g/mol. The van der Waals surface area contributed by atoms with E-state index < -0.39 is 0 Å². The van der Waals surface area contributed by atoms with Crippen LogP contribution in [0.3, 0.4) is 0 Å². The predicted molar refractivity (Wildman–Crippen MR) is 81.6 cm³/mol. The summed E-state index contributed by atoms with van der Waals surface area (Å²) < 4.78 is 0. The van der Waals surface area contributed by atoms with Crippen LogP contribution in [0.25, 0.3) is 0 Å². The quantitative estimate of drug-likeness (QED) is 0.441. The number of unbranched alkanes of at least 4 members (excludes halogenated alkanes) is 2. The summed E-state index contributed by atoms with van der Waals surface area (Å²) in [7, 11) is 0. The molecule has 0 spiro atoms. The third kappa shape index (κ3) is 3.86. The molecule has 100 valence electrons. The van der Waals surface area contributed by atoms with E-state index in [4.69, 9.17) is 5.73 Å². The van der Waals surface area contributed by atoms with Crippen LogP contribution in [0.4, 0.5) is 5.69 Å². The van der Waals surface area contributed by atoms with Gasteiger partial charge in [-0.25, -0.2) is 0 Å². The average molecular weight is 246 g/mol. The minimum absolute atomic E-state index is 0.914. The van der Waals surface area contributed by atoms with Gasteiger partial charge in [-0.1, -0.05) is 39.7 Å². The van der Waals surface area contributed by atoms with Crippen LogP contribution in [-0.2, 0) is 12.8 Å². The van der Waals surface area contributed by atoms with Crippen molar-refractivity contribution >= 4 is 11.9 Å². The van der Waals surface area contributed by atoms with Crippen molar-refractivity contribution in [2.45, 2.75) is 52.9 Å². The highest BCUT2D eigenvalue weighted by atomic mass is 14.7. The lowest BCUT2D eigenvalue weighted by Crippen LogP contribution is -2.02. The second kappa shape index (κ2) is 7.91. The standard InChI is InChI=1S/C16H26N2/c1-4-7-8-11-18-12-13-9-10-16(17)15(6-3)14(13)5-2/h9-10,12H,4-8,11,17H2,1-3H3. The lowest BCUT2D eigenvalue weighted by molar-refractivity contribution is 0.729. The van der Waals surface area contributed by atoms with Gasteiger partial charge in [0.15, 0.2) is 0 Å². The van der Waals surface area contributed by atoms with Crippen molar-refractivity contribution in [3.8, 4) is 0 Å². The van der Waals surface area contributed by atoms with Crippen molar-refractivity contribution < 1.29 is 0 Å². The van der Waals surface area contributed by atoms with E-state index in [0.29, 0.717) is 0 Å². The molecule has 0 aliphatic heterocycles. The van der Waals surface area contributed by atoms with Crippen molar-refractivity contribution in [2.24, 2.45) is 4.99 Å². The van der Waals surface area contributed by atoms with Gasteiger partial charge < -0.3 is 5.73 Å². The molecule has 0 heterocycles. The Hall–Kier alpha value is -1.31. The number of nitrogen functional groups attached to an aromatic ring is 1. The van der Waals surface area contributed by atoms with Crippen LogP contribution in [0.5, 0.6) is 0 Å². The van der Waals surface area contributed by atoms with Gasteiger partial charge in [0.05, 0.1) is 0 Å². The molecule has 0 atom stereocenters. The first-order valence-electron chi connectivity index (χ1n) is 7.14. The Morgan fingerprint density at radius 2 is 1.78 bits per heavy atom. The number of hydrogen-bond donors (Lipinski definition) is 1. The van der Waals surface area contributed by atoms with E-state index >= 15 is 0 Å². The van der Waals surface area contributed by atoms with Crippen LogP contribution in [-0.4, -0.2) is 12.8 Å². The predicted octanol–water partition coefficient (Wildman–Crippen LogP) is 4.00. The Morgan fingerprint density at radius 3 is 2.39 bits per heavy atom. The molecule has 0 aliphatic carbocycles. The van der Waals surface area contributed by atoms with Crippen LogP contribution in [0, 0.1) is 0 Å². The number of rotatable bonds is 7. The van der Waals surface area contributed by atoms with E-state index in [1.807, 2.05) is 12.3 Å². The molecule has 0 fully saturated rings. The van der Waals surface area contributed by atoms with E-state index in [1.54, 1.807) is 0 Å². The van der Waals surface area contributed by atoms with Gasteiger partial charge in [-0.2, -0.15) is 0 Å². The molecule has 0 aliphatic rings. The molecule has 0 aromatic heterocycles. The molecule has 0 bridgehead atoms. The average Bonchev–Trinajstić information content (AvgIpc) is 2.39. The molecule has 0 radical (unpaired) electrons. The summed E-state index contributed by atoms with van der Waals surface area (Å²) >= 11 is 0. The van der Waals surface area contributed by atoms with E-state index in [9.17, 15) is 0 Å². The van der Waals surface area contributed by atoms with Gasteiger partial charge in [0, 0.05) is 18.4 Å². The third-order valence-electron chi connectivity index (χ3n) is 3.33. The molecule has 0 saturated carbocycles. The smallest absolute Gasteiger partial charge is 0.0389 e. The van der Waals surface area contributed by atoms with Crippen LogP contribution in [0.2, 0.25) is 0 Å². The molecule has 0 amide bonds. The number of hydrogen-bond acceptors (Lipinski definition) is 2. The largest absolute Gasteiger partial charge is 0.398 e. The summed E-state index contributed by atoms with van der Waals surface area (Å²) in [5.74, 6) is 0. The van der Waals surface area contributed by atoms with Gasteiger partial charge in [-0.3, -0.25) is 4.99 Å². The maximum atomic E-state index is 6.03. The fourth-order valence-corrected chi connectivity index (χ4v) is 2.30. The highest BCUT2D eigenvalue weighted by Gasteiger charge is 2.07. The zero-order chi connectivity index (χ0) is 13.4. The first-order chi connectivity index (χ1) is 8.74. The Morgan fingerprint density at radius 1 is 1.06 bits per heavy atom. The van der Waals surface area contributed by atoms with Crippen LogP contribution >= 0.6 is 0 Å². The Bertz CT molecular complexity index is 394. The van der Waals surface area contributed by atoms with Crippen molar-refractivity contribution in [3.63, 3.8) is 0 Å². The summed E-state index contributed by atoms with van der Waals surface area (Å²) in [5, 5.41) is 0. The maximum Gasteiger partial charge on any atom is 0.0389 e. The minimum Gasteiger partial charge on any atom is -0.398 e. The minimum atomic E-state index is 0.914. The van der Waals surface area contributed by atoms with Crippen LogP contribution in [0.15, 0.2) is 17.1 Å². The molecule has 0 saturated heterocycles. The maximum absolute atomic E-state index is 6.03. The van der Waals surface area contributed by atoms with E-state index in [0.717, 1.165) is 25.1 Å². The number of anilines is 1. The van der Waals surface area contributed by atoms with E-state index in [1.165, 1.54) is 36.0 Å². The summed E-state index contributed by atoms with van der Waals surface area (Å²) in [6, 6.07) is 4.10. The molecule has 18 heavy (non-hydrogen) atoms. The van der Waals surface area contributed by atoms with Crippen LogP contribution < -0.4 is 5.73 Å². The second-order valence-electron chi connectivity index (χ2n) is 4.65. The van der Waals surface area contributed by atoms with Crippen molar-refractivity contribution in [3.05, 3.63) is 28.8 Å². The highest BCUT2D eigenvalue weighted by Crippen LogP contribution is 2.21. The summed E-state index contributed by atoms with van der Waals surface area (Å²) in [5.41, 5.74) is 10.8. The molecular formula is C16H26N2. The molecule has 2 heteroatoms. The number of nitrogens with two attached hydrogens (primary N) is 1. The van der Waals surface area contributed by atoms with Gasteiger partial charge in [-0.15, -0.1) is 0 Å². The molecule has 0 unspecified atom stereocenters.